The molecule has 0 aliphatic carbocycles. The first-order chi connectivity index (χ1) is 12.3. The van der Waals surface area contributed by atoms with E-state index in [0.29, 0.717) is 39.0 Å². The Bertz CT molecular complexity index is 716. The molecule has 2 aliphatic heterocycles. The van der Waals surface area contributed by atoms with Crippen LogP contribution in [0.4, 0.5) is 0 Å². The van der Waals surface area contributed by atoms with Crippen LogP contribution in [0.2, 0.25) is 0 Å². The third-order valence-electron chi connectivity index (χ3n) is 5.35. The number of ether oxygens (including phenoxy) is 1. The summed E-state index contributed by atoms with van der Waals surface area (Å²) in [5.74, 6) is 1.00. The third-order valence-corrected chi connectivity index (χ3v) is 6.65. The molecule has 0 saturated carbocycles. The molecule has 6 nitrogen and oxygen atoms in total. The number of rotatable bonds is 4. The van der Waals surface area contributed by atoms with E-state index in [4.69, 9.17) is 4.74 Å². The smallest absolute Gasteiger partial charge is 0.225 e. The number of carbonyl (C=O) groups excluding carboxylic acids is 1. The maximum atomic E-state index is 12.7. The number of benzene rings is 1. The number of nitrogens with zero attached hydrogens (tertiary/aromatic N) is 2. The van der Waals surface area contributed by atoms with Crippen molar-refractivity contribution in [3.63, 3.8) is 0 Å². The molecule has 144 valence electrons. The SMILES string of the molecule is Cc1ccc(OC2CCN(C(=O)C3CCN(S(C)(=O)=O)CC3)CC2)cc1. The molecule has 0 unspecified atom stereocenters. The van der Waals surface area contributed by atoms with Crippen LogP contribution in [-0.4, -0.2) is 62.1 Å². The molecule has 2 saturated heterocycles. The van der Waals surface area contributed by atoms with E-state index < -0.39 is 10.0 Å². The van der Waals surface area contributed by atoms with Crippen molar-refractivity contribution in [1.82, 2.24) is 9.21 Å². The number of carbonyl (C=O) groups is 1. The van der Waals surface area contributed by atoms with Gasteiger partial charge in [-0.25, -0.2) is 12.7 Å². The lowest BCUT2D eigenvalue weighted by atomic mass is 9.95. The first-order valence-electron chi connectivity index (χ1n) is 9.30. The zero-order valence-electron chi connectivity index (χ0n) is 15.6. The fraction of sp³-hybridized carbons (Fsp3) is 0.632. The maximum absolute atomic E-state index is 12.7. The minimum Gasteiger partial charge on any atom is -0.490 e. The summed E-state index contributed by atoms with van der Waals surface area (Å²) in [5, 5.41) is 0. The number of piperidine rings is 2. The van der Waals surface area contributed by atoms with Gasteiger partial charge in [-0.3, -0.25) is 4.79 Å². The third kappa shape index (κ3) is 4.76. The van der Waals surface area contributed by atoms with Crippen LogP contribution in [0.25, 0.3) is 0 Å². The highest BCUT2D eigenvalue weighted by molar-refractivity contribution is 7.88. The molecular weight excluding hydrogens is 352 g/mol. The van der Waals surface area contributed by atoms with Gasteiger partial charge >= 0.3 is 0 Å². The Labute approximate surface area is 156 Å². The first-order valence-corrected chi connectivity index (χ1v) is 11.1. The topological polar surface area (TPSA) is 66.9 Å². The highest BCUT2D eigenvalue weighted by atomic mass is 32.2. The second-order valence-electron chi connectivity index (χ2n) is 7.39. The van der Waals surface area contributed by atoms with E-state index >= 15 is 0 Å². The summed E-state index contributed by atoms with van der Waals surface area (Å²) >= 11 is 0. The Hall–Kier alpha value is -1.60. The van der Waals surface area contributed by atoms with E-state index in [9.17, 15) is 13.2 Å². The highest BCUT2D eigenvalue weighted by Crippen LogP contribution is 2.24. The summed E-state index contributed by atoms with van der Waals surface area (Å²) in [4.78, 5) is 14.7. The standard InChI is InChI=1S/C19H28N2O4S/c1-15-3-5-17(6-4-15)25-18-9-11-20(12-10-18)19(22)16-7-13-21(14-8-16)26(2,23)24/h3-6,16,18H,7-14H2,1-2H3. The number of sulfonamides is 1. The molecule has 2 aliphatic rings. The molecule has 0 atom stereocenters. The minimum absolute atomic E-state index is 0.0532. The zero-order valence-corrected chi connectivity index (χ0v) is 16.4. The van der Waals surface area contributed by atoms with Crippen molar-refractivity contribution in [3.8, 4) is 5.75 Å². The Kier molecular flexibility index (Phi) is 5.87. The predicted octanol–water partition coefficient (Wildman–Crippen LogP) is 2.04. The molecule has 2 fully saturated rings. The summed E-state index contributed by atoms with van der Waals surface area (Å²) in [7, 11) is -3.15. The molecule has 1 aromatic carbocycles. The average Bonchev–Trinajstić information content (AvgIpc) is 2.63. The van der Waals surface area contributed by atoms with Crippen molar-refractivity contribution in [2.75, 3.05) is 32.4 Å². The van der Waals surface area contributed by atoms with Crippen LogP contribution in [0.1, 0.15) is 31.2 Å². The number of aryl methyl sites for hydroxylation is 1. The van der Waals surface area contributed by atoms with Gasteiger partial charge in [0.15, 0.2) is 0 Å². The van der Waals surface area contributed by atoms with E-state index in [-0.39, 0.29) is 17.9 Å². The number of likely N-dealkylation sites (tertiary alicyclic amines) is 1. The van der Waals surface area contributed by atoms with Crippen molar-refractivity contribution < 1.29 is 17.9 Å². The van der Waals surface area contributed by atoms with Gasteiger partial charge in [-0.05, 0) is 31.9 Å². The quantitative estimate of drug-likeness (QED) is 0.802. The largest absolute Gasteiger partial charge is 0.490 e. The van der Waals surface area contributed by atoms with Crippen molar-refractivity contribution in [2.24, 2.45) is 5.92 Å². The van der Waals surface area contributed by atoms with Crippen LogP contribution >= 0.6 is 0 Å². The van der Waals surface area contributed by atoms with Gasteiger partial charge in [0, 0.05) is 44.9 Å². The van der Waals surface area contributed by atoms with Gasteiger partial charge in [-0.2, -0.15) is 0 Å². The number of hydrogen-bond acceptors (Lipinski definition) is 4. The molecule has 0 spiro atoms. The molecule has 7 heteroatoms. The second-order valence-corrected chi connectivity index (χ2v) is 9.37. The Morgan fingerprint density at radius 1 is 1.00 bits per heavy atom. The van der Waals surface area contributed by atoms with Crippen molar-refractivity contribution >= 4 is 15.9 Å². The van der Waals surface area contributed by atoms with Gasteiger partial charge in [-0.15, -0.1) is 0 Å². The van der Waals surface area contributed by atoms with Crippen LogP contribution in [0.3, 0.4) is 0 Å². The van der Waals surface area contributed by atoms with E-state index in [1.54, 1.807) is 0 Å². The fourth-order valence-corrected chi connectivity index (χ4v) is 4.57. The molecule has 0 radical (unpaired) electrons. The normalized spacial score (nSPS) is 20.9. The van der Waals surface area contributed by atoms with Gasteiger partial charge in [0.2, 0.25) is 15.9 Å². The van der Waals surface area contributed by atoms with Gasteiger partial charge in [0.1, 0.15) is 11.9 Å². The summed E-state index contributed by atoms with van der Waals surface area (Å²) in [6, 6.07) is 8.05. The number of hydrogen-bond donors (Lipinski definition) is 0. The maximum Gasteiger partial charge on any atom is 0.225 e. The van der Waals surface area contributed by atoms with Crippen molar-refractivity contribution in [3.05, 3.63) is 29.8 Å². The lowest BCUT2D eigenvalue weighted by Crippen LogP contribution is -2.47. The summed E-state index contributed by atoms with van der Waals surface area (Å²) in [6.07, 6.45) is 4.28. The highest BCUT2D eigenvalue weighted by Gasteiger charge is 2.33. The average molecular weight is 381 g/mol. The molecule has 1 amide bonds. The number of amides is 1. The predicted molar refractivity (Wildman–Crippen MR) is 101 cm³/mol. The van der Waals surface area contributed by atoms with Gasteiger partial charge in [0.25, 0.3) is 0 Å². The summed E-state index contributed by atoms with van der Waals surface area (Å²) in [6.45, 7) is 4.36. The molecule has 1 aromatic rings. The monoisotopic (exact) mass is 380 g/mol. The Morgan fingerprint density at radius 2 is 1.58 bits per heavy atom. The lowest BCUT2D eigenvalue weighted by Gasteiger charge is -2.36. The Morgan fingerprint density at radius 3 is 2.12 bits per heavy atom. The van der Waals surface area contributed by atoms with Crippen LogP contribution < -0.4 is 4.74 Å². The van der Waals surface area contributed by atoms with Crippen LogP contribution in [0.5, 0.6) is 5.75 Å². The molecule has 0 bridgehead atoms. The first kappa shape index (κ1) is 19.2. The van der Waals surface area contributed by atoms with Crippen LogP contribution in [0.15, 0.2) is 24.3 Å². The lowest BCUT2D eigenvalue weighted by molar-refractivity contribution is -0.138. The van der Waals surface area contributed by atoms with Gasteiger partial charge < -0.3 is 9.64 Å². The Balaban J connectivity index is 1.46. The molecule has 0 N–H and O–H groups in total. The van der Waals surface area contributed by atoms with Crippen LogP contribution in [-0.2, 0) is 14.8 Å². The molecular formula is C19H28N2O4S. The molecule has 2 heterocycles. The minimum atomic E-state index is -3.15. The van der Waals surface area contributed by atoms with E-state index in [1.165, 1.54) is 16.1 Å². The second kappa shape index (κ2) is 7.96. The zero-order chi connectivity index (χ0) is 18.7. The molecule has 3 rings (SSSR count). The molecule has 26 heavy (non-hydrogen) atoms. The van der Waals surface area contributed by atoms with Crippen molar-refractivity contribution in [1.29, 1.82) is 0 Å². The molecule has 0 aromatic heterocycles. The van der Waals surface area contributed by atoms with Gasteiger partial charge in [-0.1, -0.05) is 17.7 Å². The summed E-state index contributed by atoms with van der Waals surface area (Å²) < 4.78 is 30.7. The van der Waals surface area contributed by atoms with E-state index in [0.717, 1.165) is 18.6 Å². The van der Waals surface area contributed by atoms with Crippen LogP contribution in [0, 0.1) is 12.8 Å². The van der Waals surface area contributed by atoms with Gasteiger partial charge in [0.05, 0.1) is 6.26 Å². The van der Waals surface area contributed by atoms with E-state index in [1.807, 2.05) is 36.1 Å². The van der Waals surface area contributed by atoms with E-state index in [2.05, 4.69) is 0 Å². The summed E-state index contributed by atoms with van der Waals surface area (Å²) in [5.41, 5.74) is 1.21. The van der Waals surface area contributed by atoms with Crippen molar-refractivity contribution in [2.45, 2.75) is 38.7 Å². The fourth-order valence-electron chi connectivity index (χ4n) is 3.70.